The Morgan fingerprint density at radius 1 is 1.19 bits per heavy atom. The summed E-state index contributed by atoms with van der Waals surface area (Å²) in [5.41, 5.74) is 5.06. The number of rotatable bonds is 7. The van der Waals surface area contributed by atoms with Crippen LogP contribution < -0.4 is 5.32 Å². The lowest BCUT2D eigenvalue weighted by Crippen LogP contribution is -2.02. The fourth-order valence-electron chi connectivity index (χ4n) is 2.54. The molecule has 0 atom stereocenters. The van der Waals surface area contributed by atoms with Gasteiger partial charge >= 0.3 is 0 Å². The van der Waals surface area contributed by atoms with E-state index >= 15 is 0 Å². The number of anilines is 1. The third-order valence-electron chi connectivity index (χ3n) is 3.74. The van der Waals surface area contributed by atoms with Crippen molar-refractivity contribution in [1.29, 1.82) is 0 Å². The van der Waals surface area contributed by atoms with E-state index < -0.39 is 0 Å². The van der Waals surface area contributed by atoms with Crippen LogP contribution in [0, 0.1) is 0 Å². The van der Waals surface area contributed by atoms with Gasteiger partial charge in [-0.2, -0.15) is 5.10 Å². The molecule has 0 fully saturated rings. The number of nitrogens with zero attached hydrogens (tertiary/aromatic N) is 2. The Kier molecular flexibility index (Phi) is 5.43. The van der Waals surface area contributed by atoms with E-state index in [1.54, 1.807) is 0 Å². The van der Waals surface area contributed by atoms with Crippen molar-refractivity contribution in [2.45, 2.75) is 52.5 Å². The third kappa shape index (κ3) is 4.35. The molecule has 0 saturated heterocycles. The second kappa shape index (κ2) is 7.30. The molecule has 2 rings (SSSR count). The van der Waals surface area contributed by atoms with E-state index in [4.69, 9.17) is 0 Å². The van der Waals surface area contributed by atoms with E-state index in [2.05, 4.69) is 61.6 Å². The van der Waals surface area contributed by atoms with Crippen molar-refractivity contribution >= 4 is 5.69 Å². The van der Waals surface area contributed by atoms with Crippen LogP contribution in [0.4, 0.5) is 5.69 Å². The number of hydrogen-bond donors (Lipinski definition) is 1. The number of benzene rings is 1. The first-order valence-corrected chi connectivity index (χ1v) is 7.95. The van der Waals surface area contributed by atoms with Crippen LogP contribution in [0.15, 0.2) is 30.5 Å². The maximum absolute atomic E-state index is 4.55. The lowest BCUT2D eigenvalue weighted by atomic mass is 10.1. The zero-order chi connectivity index (χ0) is 15.2. The quantitative estimate of drug-likeness (QED) is 0.812. The van der Waals surface area contributed by atoms with Gasteiger partial charge in [-0.3, -0.25) is 4.68 Å². The van der Waals surface area contributed by atoms with Crippen LogP contribution in [0.2, 0.25) is 0 Å². The normalized spacial score (nSPS) is 11.1. The Morgan fingerprint density at radius 2 is 1.90 bits per heavy atom. The summed E-state index contributed by atoms with van der Waals surface area (Å²) in [6, 6.07) is 8.81. The van der Waals surface area contributed by atoms with Gasteiger partial charge in [0, 0.05) is 31.0 Å². The molecular weight excluding hydrogens is 258 g/mol. The van der Waals surface area contributed by atoms with Crippen LogP contribution in [-0.4, -0.2) is 9.78 Å². The van der Waals surface area contributed by atoms with Crippen LogP contribution in [-0.2, 0) is 20.0 Å². The number of aromatic nitrogens is 2. The Morgan fingerprint density at radius 3 is 2.52 bits per heavy atom. The maximum atomic E-state index is 4.55. The fraction of sp³-hybridized carbons (Fsp3) is 0.500. The van der Waals surface area contributed by atoms with Gasteiger partial charge in [-0.1, -0.05) is 39.3 Å². The molecule has 0 bridgehead atoms. The monoisotopic (exact) mass is 285 g/mol. The predicted octanol–water partition coefficient (Wildman–Crippen LogP) is 4.50. The van der Waals surface area contributed by atoms with Crippen LogP contribution in [0.25, 0.3) is 0 Å². The van der Waals surface area contributed by atoms with Crippen LogP contribution in [0.5, 0.6) is 0 Å². The molecule has 21 heavy (non-hydrogen) atoms. The van der Waals surface area contributed by atoms with Crippen LogP contribution in [0.3, 0.4) is 0 Å². The van der Waals surface area contributed by atoms with Gasteiger partial charge in [0.2, 0.25) is 0 Å². The zero-order valence-electron chi connectivity index (χ0n) is 13.7. The molecule has 3 heteroatoms. The van der Waals surface area contributed by atoms with Crippen molar-refractivity contribution in [2.75, 3.05) is 5.32 Å². The molecule has 3 nitrogen and oxygen atoms in total. The summed E-state index contributed by atoms with van der Waals surface area (Å²) in [4.78, 5) is 0. The molecule has 0 unspecified atom stereocenters. The van der Waals surface area contributed by atoms with Crippen molar-refractivity contribution in [3.8, 4) is 0 Å². The van der Waals surface area contributed by atoms with Gasteiger partial charge < -0.3 is 5.32 Å². The number of nitrogens with one attached hydrogen (secondary N) is 1. The third-order valence-corrected chi connectivity index (χ3v) is 3.74. The molecule has 0 aliphatic heterocycles. The van der Waals surface area contributed by atoms with E-state index in [9.17, 15) is 0 Å². The minimum absolute atomic E-state index is 0.458. The Bertz CT molecular complexity index is 552. The van der Waals surface area contributed by atoms with Gasteiger partial charge in [0.1, 0.15) is 0 Å². The smallest absolute Gasteiger partial charge is 0.0699 e. The van der Waals surface area contributed by atoms with Gasteiger partial charge in [-0.05, 0) is 36.5 Å². The lowest BCUT2D eigenvalue weighted by molar-refractivity contribution is 0.712. The highest BCUT2D eigenvalue weighted by Crippen LogP contribution is 2.19. The highest BCUT2D eigenvalue weighted by Gasteiger charge is 2.10. The molecule has 0 aliphatic carbocycles. The average molecular weight is 285 g/mol. The largest absolute Gasteiger partial charge is 0.381 e. The molecule has 114 valence electrons. The van der Waals surface area contributed by atoms with Gasteiger partial charge in [-0.25, -0.2) is 0 Å². The van der Waals surface area contributed by atoms with E-state index in [0.29, 0.717) is 5.92 Å². The Hall–Kier alpha value is -1.77. The molecule has 1 heterocycles. The summed E-state index contributed by atoms with van der Waals surface area (Å²) in [7, 11) is 1.98. The second-order valence-electron chi connectivity index (χ2n) is 6.02. The topological polar surface area (TPSA) is 29.9 Å². The number of unbranched alkanes of at least 4 members (excludes halogenated alkanes) is 1. The first kappa shape index (κ1) is 15.6. The van der Waals surface area contributed by atoms with Crippen molar-refractivity contribution in [1.82, 2.24) is 9.78 Å². The van der Waals surface area contributed by atoms with Gasteiger partial charge in [0.15, 0.2) is 0 Å². The van der Waals surface area contributed by atoms with Crippen molar-refractivity contribution in [2.24, 2.45) is 7.05 Å². The summed E-state index contributed by atoms with van der Waals surface area (Å²) >= 11 is 0. The maximum Gasteiger partial charge on any atom is 0.0699 e. The first-order valence-electron chi connectivity index (χ1n) is 7.95. The molecule has 0 radical (unpaired) electrons. The summed E-state index contributed by atoms with van der Waals surface area (Å²) in [5, 5.41) is 8.05. The summed E-state index contributed by atoms with van der Waals surface area (Å²) in [6.45, 7) is 7.44. The van der Waals surface area contributed by atoms with Gasteiger partial charge in [0.05, 0.1) is 5.69 Å². The van der Waals surface area contributed by atoms with E-state index in [0.717, 1.165) is 6.54 Å². The fourth-order valence-corrected chi connectivity index (χ4v) is 2.54. The van der Waals surface area contributed by atoms with E-state index in [1.165, 1.54) is 41.8 Å². The summed E-state index contributed by atoms with van der Waals surface area (Å²) in [5.74, 6) is 0.458. The Labute approximate surface area is 128 Å². The standard InChI is InChI=1S/C18H27N3/c1-5-6-7-15-8-10-17(11-9-15)19-12-16-13-21(4)20-18(16)14(2)3/h8-11,13-14,19H,5-7,12H2,1-4H3. The number of hydrogen-bond acceptors (Lipinski definition) is 2. The molecular formula is C18H27N3. The molecule has 0 amide bonds. The number of aryl methyl sites for hydroxylation is 2. The van der Waals surface area contributed by atoms with Gasteiger partial charge in [-0.15, -0.1) is 0 Å². The lowest BCUT2D eigenvalue weighted by Gasteiger charge is -2.09. The van der Waals surface area contributed by atoms with E-state index in [-0.39, 0.29) is 0 Å². The molecule has 1 aromatic carbocycles. The average Bonchev–Trinajstić information content (AvgIpc) is 2.85. The molecule has 0 spiro atoms. The minimum atomic E-state index is 0.458. The highest BCUT2D eigenvalue weighted by atomic mass is 15.3. The zero-order valence-corrected chi connectivity index (χ0v) is 13.7. The molecule has 0 aliphatic rings. The van der Waals surface area contributed by atoms with Crippen LogP contribution >= 0.6 is 0 Å². The molecule has 1 aromatic heterocycles. The van der Waals surface area contributed by atoms with Crippen molar-refractivity contribution < 1.29 is 0 Å². The van der Waals surface area contributed by atoms with Crippen LogP contribution in [0.1, 0.15) is 56.4 Å². The van der Waals surface area contributed by atoms with Crippen molar-refractivity contribution in [3.05, 3.63) is 47.3 Å². The molecule has 0 saturated carbocycles. The molecule has 2 aromatic rings. The molecule has 1 N–H and O–H groups in total. The second-order valence-corrected chi connectivity index (χ2v) is 6.02. The summed E-state index contributed by atoms with van der Waals surface area (Å²) in [6.07, 6.45) is 5.80. The minimum Gasteiger partial charge on any atom is -0.381 e. The predicted molar refractivity (Wildman–Crippen MR) is 89.7 cm³/mol. The SMILES string of the molecule is CCCCc1ccc(NCc2cn(C)nc2C(C)C)cc1. The van der Waals surface area contributed by atoms with Gasteiger partial charge in [0.25, 0.3) is 0 Å². The first-order chi connectivity index (χ1) is 10.1. The van der Waals surface area contributed by atoms with E-state index in [1.807, 2.05) is 11.7 Å². The highest BCUT2D eigenvalue weighted by molar-refractivity contribution is 5.45. The Balaban J connectivity index is 1.96. The van der Waals surface area contributed by atoms with Crippen molar-refractivity contribution in [3.63, 3.8) is 0 Å². The summed E-state index contributed by atoms with van der Waals surface area (Å²) < 4.78 is 1.90.